The number of para-hydroxylation sites is 2. The average Bonchev–Trinajstić information content (AvgIpc) is 3.17. The first kappa shape index (κ1) is 16.8. The molecule has 1 heterocycles. The lowest BCUT2D eigenvalue weighted by Gasteiger charge is -2.10. The summed E-state index contributed by atoms with van der Waals surface area (Å²) in [6.45, 7) is 1.97. The average molecular weight is 353 g/mol. The number of carbonyl (C=O) groups is 1. The quantitative estimate of drug-likeness (QED) is 0.555. The van der Waals surface area contributed by atoms with E-state index in [9.17, 15) is 4.79 Å². The van der Waals surface area contributed by atoms with Crippen LogP contribution in [0, 0.1) is 6.92 Å². The van der Waals surface area contributed by atoms with Crippen LogP contribution in [0.15, 0.2) is 91.0 Å². The number of anilines is 1. The molecule has 1 aromatic heterocycles. The third-order valence-electron chi connectivity index (χ3n) is 4.41. The second-order valence-electron chi connectivity index (χ2n) is 6.30. The van der Waals surface area contributed by atoms with E-state index in [2.05, 4.69) is 5.32 Å². The molecule has 4 nitrogen and oxygen atoms in total. The maximum absolute atomic E-state index is 13.0. The zero-order valence-corrected chi connectivity index (χ0v) is 15.0. The van der Waals surface area contributed by atoms with Crippen LogP contribution < -0.4 is 5.32 Å². The van der Waals surface area contributed by atoms with E-state index in [1.807, 2.05) is 97.9 Å². The standard InChI is InChI=1S/C23H19N3O/c1-17-10-8-9-15-20(17)24-23(27)22-16-21(18-11-4-2-5-12-18)25-26(22)19-13-6-3-7-14-19/h2-16H,1H3,(H,24,27). The maximum atomic E-state index is 13.0. The van der Waals surface area contributed by atoms with Gasteiger partial charge in [0.1, 0.15) is 5.69 Å². The maximum Gasteiger partial charge on any atom is 0.274 e. The Balaban J connectivity index is 1.77. The highest BCUT2D eigenvalue weighted by atomic mass is 16.2. The number of benzene rings is 3. The Morgan fingerprint density at radius 1 is 0.852 bits per heavy atom. The van der Waals surface area contributed by atoms with Gasteiger partial charge in [0.2, 0.25) is 0 Å². The minimum atomic E-state index is -0.192. The summed E-state index contributed by atoms with van der Waals surface area (Å²) < 4.78 is 1.69. The Kier molecular flexibility index (Phi) is 4.54. The second kappa shape index (κ2) is 7.30. The van der Waals surface area contributed by atoms with Gasteiger partial charge in [-0.1, -0.05) is 66.7 Å². The number of hydrogen-bond acceptors (Lipinski definition) is 2. The van der Waals surface area contributed by atoms with E-state index in [0.29, 0.717) is 5.69 Å². The number of carbonyl (C=O) groups excluding carboxylic acids is 1. The van der Waals surface area contributed by atoms with E-state index >= 15 is 0 Å². The van der Waals surface area contributed by atoms with Crippen LogP contribution in [0.25, 0.3) is 16.9 Å². The molecule has 0 aliphatic heterocycles. The lowest BCUT2D eigenvalue weighted by Crippen LogP contribution is -2.17. The SMILES string of the molecule is Cc1ccccc1NC(=O)c1cc(-c2ccccc2)nn1-c1ccccc1. The van der Waals surface area contributed by atoms with Crippen LogP contribution in [-0.2, 0) is 0 Å². The van der Waals surface area contributed by atoms with Gasteiger partial charge in [-0.25, -0.2) is 4.68 Å². The smallest absolute Gasteiger partial charge is 0.274 e. The first-order valence-electron chi connectivity index (χ1n) is 8.80. The Morgan fingerprint density at radius 2 is 1.48 bits per heavy atom. The summed E-state index contributed by atoms with van der Waals surface area (Å²) in [6.07, 6.45) is 0. The molecule has 132 valence electrons. The van der Waals surface area contributed by atoms with E-state index in [-0.39, 0.29) is 5.91 Å². The third kappa shape index (κ3) is 3.51. The molecule has 0 aliphatic carbocycles. The first-order valence-corrected chi connectivity index (χ1v) is 8.80. The molecule has 0 fully saturated rings. The summed E-state index contributed by atoms with van der Waals surface area (Å²) in [5, 5.41) is 7.69. The predicted molar refractivity (Wildman–Crippen MR) is 108 cm³/mol. The number of nitrogens with one attached hydrogen (secondary N) is 1. The number of aromatic nitrogens is 2. The van der Waals surface area contributed by atoms with Crippen molar-refractivity contribution in [2.45, 2.75) is 6.92 Å². The number of aryl methyl sites for hydroxylation is 1. The van der Waals surface area contributed by atoms with Crippen molar-refractivity contribution in [3.05, 3.63) is 102 Å². The Hall–Kier alpha value is -3.66. The minimum Gasteiger partial charge on any atom is -0.320 e. The van der Waals surface area contributed by atoms with Crippen molar-refractivity contribution in [3.8, 4) is 16.9 Å². The van der Waals surface area contributed by atoms with Crippen molar-refractivity contribution < 1.29 is 4.79 Å². The highest BCUT2D eigenvalue weighted by Gasteiger charge is 2.18. The molecular weight excluding hydrogens is 334 g/mol. The van der Waals surface area contributed by atoms with E-state index in [0.717, 1.165) is 28.2 Å². The van der Waals surface area contributed by atoms with Gasteiger partial charge in [-0.2, -0.15) is 5.10 Å². The molecular formula is C23H19N3O. The lowest BCUT2D eigenvalue weighted by molar-refractivity contribution is 0.101. The van der Waals surface area contributed by atoms with E-state index in [4.69, 9.17) is 5.10 Å². The summed E-state index contributed by atoms with van der Waals surface area (Å²) in [5.41, 5.74) is 4.87. The molecule has 0 saturated heterocycles. The fraction of sp³-hybridized carbons (Fsp3) is 0.0435. The molecule has 4 heteroatoms. The molecule has 0 saturated carbocycles. The minimum absolute atomic E-state index is 0.192. The van der Waals surface area contributed by atoms with Crippen LogP contribution in [0.5, 0.6) is 0 Å². The molecule has 0 unspecified atom stereocenters. The van der Waals surface area contributed by atoms with Gasteiger partial charge >= 0.3 is 0 Å². The molecule has 4 aromatic rings. The van der Waals surface area contributed by atoms with Crippen LogP contribution in [0.1, 0.15) is 16.1 Å². The number of rotatable bonds is 4. The molecule has 3 aromatic carbocycles. The fourth-order valence-corrected chi connectivity index (χ4v) is 2.96. The van der Waals surface area contributed by atoms with E-state index < -0.39 is 0 Å². The van der Waals surface area contributed by atoms with Gasteiger partial charge in [0, 0.05) is 11.3 Å². The zero-order valence-electron chi connectivity index (χ0n) is 15.0. The summed E-state index contributed by atoms with van der Waals surface area (Å²) in [6, 6.07) is 29.1. The molecule has 4 rings (SSSR count). The molecule has 1 N–H and O–H groups in total. The molecule has 0 atom stereocenters. The first-order chi connectivity index (χ1) is 13.2. The Morgan fingerprint density at radius 3 is 2.19 bits per heavy atom. The molecule has 1 amide bonds. The van der Waals surface area contributed by atoms with Crippen molar-refractivity contribution in [3.63, 3.8) is 0 Å². The lowest BCUT2D eigenvalue weighted by atomic mass is 10.1. The molecule has 0 spiro atoms. The van der Waals surface area contributed by atoms with Crippen LogP contribution in [0.3, 0.4) is 0 Å². The van der Waals surface area contributed by atoms with Gasteiger partial charge < -0.3 is 5.32 Å². The van der Waals surface area contributed by atoms with Crippen molar-refractivity contribution in [2.24, 2.45) is 0 Å². The topological polar surface area (TPSA) is 46.9 Å². The second-order valence-corrected chi connectivity index (χ2v) is 6.30. The van der Waals surface area contributed by atoms with Gasteiger partial charge in [0.05, 0.1) is 11.4 Å². The van der Waals surface area contributed by atoms with Crippen LogP contribution in [-0.4, -0.2) is 15.7 Å². The summed E-state index contributed by atoms with van der Waals surface area (Å²) in [5.74, 6) is -0.192. The summed E-state index contributed by atoms with van der Waals surface area (Å²) in [7, 11) is 0. The highest BCUT2D eigenvalue weighted by Crippen LogP contribution is 2.23. The molecule has 0 aliphatic rings. The largest absolute Gasteiger partial charge is 0.320 e. The van der Waals surface area contributed by atoms with Crippen molar-refractivity contribution >= 4 is 11.6 Å². The number of nitrogens with zero attached hydrogens (tertiary/aromatic N) is 2. The van der Waals surface area contributed by atoms with Gasteiger partial charge in [-0.3, -0.25) is 4.79 Å². The summed E-state index contributed by atoms with van der Waals surface area (Å²) in [4.78, 5) is 13.0. The Bertz CT molecular complexity index is 1070. The van der Waals surface area contributed by atoms with Gasteiger partial charge in [-0.05, 0) is 36.8 Å². The van der Waals surface area contributed by atoms with Crippen molar-refractivity contribution in [1.82, 2.24) is 9.78 Å². The van der Waals surface area contributed by atoms with E-state index in [1.54, 1.807) is 4.68 Å². The molecule has 0 bridgehead atoms. The number of hydrogen-bond donors (Lipinski definition) is 1. The normalized spacial score (nSPS) is 10.6. The zero-order chi connectivity index (χ0) is 18.6. The monoisotopic (exact) mass is 353 g/mol. The molecule has 0 radical (unpaired) electrons. The number of amides is 1. The van der Waals surface area contributed by atoms with Gasteiger partial charge in [-0.15, -0.1) is 0 Å². The van der Waals surface area contributed by atoms with Crippen molar-refractivity contribution in [2.75, 3.05) is 5.32 Å². The van der Waals surface area contributed by atoms with Crippen molar-refractivity contribution in [1.29, 1.82) is 0 Å². The van der Waals surface area contributed by atoms with E-state index in [1.165, 1.54) is 0 Å². The Labute approximate surface area is 158 Å². The predicted octanol–water partition coefficient (Wildman–Crippen LogP) is 5.10. The summed E-state index contributed by atoms with van der Waals surface area (Å²) >= 11 is 0. The third-order valence-corrected chi connectivity index (χ3v) is 4.41. The van der Waals surface area contributed by atoms with Gasteiger partial charge in [0.15, 0.2) is 0 Å². The molecule has 27 heavy (non-hydrogen) atoms. The fourth-order valence-electron chi connectivity index (χ4n) is 2.96. The van der Waals surface area contributed by atoms with Crippen LogP contribution in [0.4, 0.5) is 5.69 Å². The van der Waals surface area contributed by atoms with Crippen LogP contribution in [0.2, 0.25) is 0 Å². The van der Waals surface area contributed by atoms with Gasteiger partial charge in [0.25, 0.3) is 5.91 Å². The van der Waals surface area contributed by atoms with Crippen LogP contribution >= 0.6 is 0 Å². The highest BCUT2D eigenvalue weighted by molar-refractivity contribution is 6.04.